The molecule has 1 saturated heterocycles. The molecule has 1 aromatic heterocycles. The van der Waals surface area contributed by atoms with E-state index in [2.05, 4.69) is 66.2 Å². The van der Waals surface area contributed by atoms with Gasteiger partial charge in [-0.3, -0.25) is 19.4 Å². The maximum atomic E-state index is 12.9. The zero-order valence-electron chi connectivity index (χ0n) is 17.7. The van der Waals surface area contributed by atoms with Gasteiger partial charge in [-0.25, -0.2) is 0 Å². The number of nitrogens with zero attached hydrogens (tertiary/aromatic N) is 2. The van der Waals surface area contributed by atoms with Gasteiger partial charge in [0.25, 0.3) is 0 Å². The highest BCUT2D eigenvalue weighted by Gasteiger charge is 2.45. The van der Waals surface area contributed by atoms with Gasteiger partial charge in [0.05, 0.1) is 18.5 Å². The lowest BCUT2D eigenvalue weighted by Gasteiger charge is -2.39. The quantitative estimate of drug-likeness (QED) is 0.675. The second-order valence-electron chi connectivity index (χ2n) is 8.79. The first-order valence-corrected chi connectivity index (χ1v) is 10.7. The number of hydrogen-bond acceptors (Lipinski definition) is 3. The molecule has 2 aliphatic heterocycles. The molecule has 0 bridgehead atoms. The highest BCUT2D eigenvalue weighted by molar-refractivity contribution is 6.05. The van der Waals surface area contributed by atoms with Gasteiger partial charge in [-0.15, -0.1) is 0 Å². The lowest BCUT2D eigenvalue weighted by Crippen LogP contribution is -2.46. The minimum Gasteiger partial charge on any atom is -0.357 e. The van der Waals surface area contributed by atoms with E-state index in [-0.39, 0.29) is 24.3 Å². The van der Waals surface area contributed by atoms with E-state index >= 15 is 0 Å². The summed E-state index contributed by atoms with van der Waals surface area (Å²) in [5.74, 6) is 0.275. The van der Waals surface area contributed by atoms with Crippen LogP contribution >= 0.6 is 0 Å². The van der Waals surface area contributed by atoms with E-state index in [1.165, 1.54) is 21.4 Å². The average Bonchev–Trinajstić information content (AvgIpc) is 3.25. The second-order valence-corrected chi connectivity index (χ2v) is 8.79. The number of likely N-dealkylation sites (N-methyl/N-ethyl adjacent to an activating group) is 1. The molecule has 5 nitrogen and oxygen atoms in total. The van der Waals surface area contributed by atoms with Gasteiger partial charge in [0.1, 0.15) is 0 Å². The van der Waals surface area contributed by atoms with Gasteiger partial charge < -0.3 is 4.98 Å². The molecule has 1 fully saturated rings. The summed E-state index contributed by atoms with van der Waals surface area (Å²) in [7, 11) is 1.59. The molecule has 0 unspecified atom stereocenters. The summed E-state index contributed by atoms with van der Waals surface area (Å²) >= 11 is 0. The predicted molar refractivity (Wildman–Crippen MR) is 117 cm³/mol. The van der Waals surface area contributed by atoms with Crippen molar-refractivity contribution >= 4 is 22.7 Å². The molecule has 5 heteroatoms. The van der Waals surface area contributed by atoms with Crippen molar-refractivity contribution in [2.45, 2.75) is 44.7 Å². The number of carbonyl (C=O) groups is 2. The highest BCUT2D eigenvalue weighted by atomic mass is 16.2. The third kappa shape index (κ3) is 2.88. The monoisotopic (exact) mass is 401 g/mol. The number of carbonyl (C=O) groups excluding carboxylic acids is 2. The third-order valence-corrected chi connectivity index (χ3v) is 6.75. The van der Waals surface area contributed by atoms with Gasteiger partial charge >= 0.3 is 0 Å². The Balaban J connectivity index is 1.64. The molecule has 0 aliphatic carbocycles. The number of rotatable bonds is 3. The lowest BCUT2D eigenvalue weighted by atomic mass is 9.89. The Morgan fingerprint density at radius 1 is 1.03 bits per heavy atom. The highest BCUT2D eigenvalue weighted by Crippen LogP contribution is 2.41. The summed E-state index contributed by atoms with van der Waals surface area (Å²) in [4.78, 5) is 32.3. The smallest absolute Gasteiger partial charge is 0.246 e. The van der Waals surface area contributed by atoms with Gasteiger partial charge in [-0.2, -0.15) is 0 Å². The van der Waals surface area contributed by atoms with Crippen LogP contribution in [0, 0.1) is 0 Å². The summed E-state index contributed by atoms with van der Waals surface area (Å²) in [6.07, 6.45) is 1.12. The molecule has 2 amide bonds. The number of aromatic nitrogens is 1. The molecule has 1 N–H and O–H groups in total. The number of benzene rings is 2. The van der Waals surface area contributed by atoms with Crippen LogP contribution in [-0.4, -0.2) is 46.2 Å². The second kappa shape index (κ2) is 7.10. The Bertz CT molecular complexity index is 1130. The van der Waals surface area contributed by atoms with Crippen molar-refractivity contribution in [2.24, 2.45) is 0 Å². The van der Waals surface area contributed by atoms with Crippen molar-refractivity contribution in [2.75, 3.05) is 13.6 Å². The molecule has 3 aromatic rings. The van der Waals surface area contributed by atoms with Gasteiger partial charge in [-0.05, 0) is 35.1 Å². The Morgan fingerprint density at radius 2 is 1.77 bits per heavy atom. The summed E-state index contributed by atoms with van der Waals surface area (Å²) in [5, 5.41) is 1.25. The van der Waals surface area contributed by atoms with E-state index in [9.17, 15) is 9.59 Å². The standard InChI is InChI=1S/C25H27N3O2/c1-15(2)16-8-10-17(11-9-16)24-23-19(18-6-4-5-7-20(18)26-23)12-13-28(24)21-14-22(29)27(3)25(21)30/h4-11,15,21,24,26H,12-14H2,1-3H3/t21-,24+/m0/s1. The molecule has 3 heterocycles. The van der Waals surface area contributed by atoms with Crippen molar-refractivity contribution in [3.63, 3.8) is 0 Å². The van der Waals surface area contributed by atoms with E-state index < -0.39 is 6.04 Å². The molecule has 0 saturated carbocycles. The number of aromatic amines is 1. The third-order valence-electron chi connectivity index (χ3n) is 6.75. The fourth-order valence-electron chi connectivity index (χ4n) is 5.01. The van der Waals surface area contributed by atoms with Crippen molar-refractivity contribution in [3.8, 4) is 0 Å². The topological polar surface area (TPSA) is 56.4 Å². The zero-order chi connectivity index (χ0) is 21.0. The van der Waals surface area contributed by atoms with E-state index in [1.54, 1.807) is 7.05 Å². The van der Waals surface area contributed by atoms with E-state index in [0.29, 0.717) is 5.92 Å². The molecule has 0 spiro atoms. The van der Waals surface area contributed by atoms with Crippen LogP contribution in [0.2, 0.25) is 0 Å². The largest absolute Gasteiger partial charge is 0.357 e. The van der Waals surface area contributed by atoms with Crippen molar-refractivity contribution in [1.82, 2.24) is 14.8 Å². The van der Waals surface area contributed by atoms with Crippen LogP contribution in [0.25, 0.3) is 10.9 Å². The number of nitrogens with one attached hydrogen (secondary N) is 1. The Morgan fingerprint density at radius 3 is 2.43 bits per heavy atom. The summed E-state index contributed by atoms with van der Waals surface area (Å²) in [6.45, 7) is 5.13. The number of likely N-dealkylation sites (tertiary alicyclic amines) is 1. The minimum absolute atomic E-state index is 0.0735. The Kier molecular flexibility index (Phi) is 4.51. The van der Waals surface area contributed by atoms with E-state index in [0.717, 1.165) is 29.7 Å². The summed E-state index contributed by atoms with van der Waals surface area (Å²) < 4.78 is 0. The predicted octanol–water partition coefficient (Wildman–Crippen LogP) is 4.00. The maximum absolute atomic E-state index is 12.9. The number of amides is 2. The van der Waals surface area contributed by atoms with Crippen LogP contribution in [0.3, 0.4) is 0 Å². The number of H-pyrrole nitrogens is 1. The Hall–Kier alpha value is -2.92. The number of para-hydroxylation sites is 1. The molecule has 30 heavy (non-hydrogen) atoms. The van der Waals surface area contributed by atoms with E-state index in [4.69, 9.17) is 0 Å². The van der Waals surface area contributed by atoms with Crippen LogP contribution in [0.1, 0.15) is 54.6 Å². The first-order chi connectivity index (χ1) is 14.5. The van der Waals surface area contributed by atoms with Gasteiger partial charge in [0, 0.05) is 30.2 Å². The number of hydrogen-bond donors (Lipinski definition) is 1. The molecule has 2 atom stereocenters. The maximum Gasteiger partial charge on any atom is 0.246 e. The summed E-state index contributed by atoms with van der Waals surface area (Å²) in [5.41, 5.74) is 6.05. The molecule has 154 valence electrons. The SMILES string of the molecule is CC(C)c1ccc([C@@H]2c3[nH]c4ccccc4c3CCN2[C@H]2CC(=O)N(C)C2=O)cc1. The molecule has 2 aliphatic rings. The van der Waals surface area contributed by atoms with Gasteiger partial charge in [0.2, 0.25) is 11.8 Å². The molecule has 0 radical (unpaired) electrons. The van der Waals surface area contributed by atoms with E-state index in [1.807, 2.05) is 6.07 Å². The van der Waals surface area contributed by atoms with Crippen LogP contribution < -0.4 is 0 Å². The minimum atomic E-state index is -0.406. The Labute approximate surface area is 176 Å². The average molecular weight is 402 g/mol. The van der Waals surface area contributed by atoms with Crippen molar-refractivity contribution in [1.29, 1.82) is 0 Å². The van der Waals surface area contributed by atoms with Crippen LogP contribution in [0.15, 0.2) is 48.5 Å². The van der Waals surface area contributed by atoms with Gasteiger partial charge in [-0.1, -0.05) is 56.3 Å². The van der Waals surface area contributed by atoms with Crippen LogP contribution in [-0.2, 0) is 16.0 Å². The van der Waals surface area contributed by atoms with Crippen molar-refractivity contribution in [3.05, 3.63) is 70.9 Å². The summed E-state index contributed by atoms with van der Waals surface area (Å²) in [6, 6.07) is 16.6. The number of fused-ring (bicyclic) bond motifs is 3. The lowest BCUT2D eigenvalue weighted by molar-refractivity contribution is -0.138. The molecule has 5 rings (SSSR count). The molecular formula is C25H27N3O2. The fraction of sp³-hybridized carbons (Fsp3) is 0.360. The first kappa shape index (κ1) is 19.1. The fourth-order valence-corrected chi connectivity index (χ4v) is 5.01. The molecular weight excluding hydrogens is 374 g/mol. The first-order valence-electron chi connectivity index (χ1n) is 10.7. The zero-order valence-corrected chi connectivity index (χ0v) is 17.7. The van der Waals surface area contributed by atoms with Gasteiger partial charge in [0.15, 0.2) is 0 Å². The number of imide groups is 1. The van der Waals surface area contributed by atoms with Crippen molar-refractivity contribution < 1.29 is 9.59 Å². The molecule has 2 aromatic carbocycles. The van der Waals surface area contributed by atoms with Crippen LogP contribution in [0.5, 0.6) is 0 Å². The van der Waals surface area contributed by atoms with Crippen LogP contribution in [0.4, 0.5) is 0 Å². The normalized spacial score (nSPS) is 22.3.